The van der Waals surface area contributed by atoms with Gasteiger partial charge >= 0.3 is 0 Å². The number of para-hydroxylation sites is 1. The largest absolute Gasteiger partial charge is 0.490 e. The average molecular weight is 318 g/mol. The van der Waals surface area contributed by atoms with Gasteiger partial charge in [-0.05, 0) is 36.8 Å². The Kier molecular flexibility index (Phi) is 4.20. The summed E-state index contributed by atoms with van der Waals surface area (Å²) < 4.78 is 11.3. The number of hydrogen-bond donors (Lipinski definition) is 1. The van der Waals surface area contributed by atoms with Gasteiger partial charge in [0.05, 0.1) is 23.9 Å². The fraction of sp³-hybridized carbons (Fsp3) is 0.235. The van der Waals surface area contributed by atoms with Crippen LogP contribution in [-0.2, 0) is 0 Å². The Hall–Kier alpha value is -2.20. The summed E-state index contributed by atoms with van der Waals surface area (Å²) in [6.45, 7) is 3.08. The molecule has 1 N–H and O–H groups in total. The molecule has 0 atom stereocenters. The maximum Gasteiger partial charge on any atom is 0.256 e. The second-order valence-corrected chi connectivity index (χ2v) is 5.51. The molecule has 0 unspecified atom stereocenters. The molecule has 2 aromatic rings. The van der Waals surface area contributed by atoms with Crippen LogP contribution in [0.3, 0.4) is 0 Å². The molecule has 0 radical (unpaired) electrons. The van der Waals surface area contributed by atoms with E-state index < -0.39 is 0 Å². The minimum Gasteiger partial charge on any atom is -0.490 e. The molecule has 0 fully saturated rings. The zero-order valence-electron chi connectivity index (χ0n) is 12.2. The van der Waals surface area contributed by atoms with Crippen molar-refractivity contribution in [2.24, 2.45) is 0 Å². The second kappa shape index (κ2) is 6.28. The number of amides is 1. The van der Waals surface area contributed by atoms with Crippen LogP contribution in [0, 0.1) is 6.92 Å². The molecule has 4 nitrogen and oxygen atoms in total. The number of carbonyl (C=O) groups is 1. The number of nitrogens with one attached hydrogen (secondary N) is 1. The first-order valence-electron chi connectivity index (χ1n) is 7.11. The number of ether oxygens (including phenoxy) is 2. The number of halogens is 1. The molecule has 22 heavy (non-hydrogen) atoms. The molecule has 0 aromatic heterocycles. The van der Waals surface area contributed by atoms with Crippen molar-refractivity contribution in [1.29, 1.82) is 0 Å². The summed E-state index contributed by atoms with van der Waals surface area (Å²) in [4.78, 5) is 12.5. The molecule has 0 saturated carbocycles. The predicted molar refractivity (Wildman–Crippen MR) is 86.2 cm³/mol. The van der Waals surface area contributed by atoms with Gasteiger partial charge in [0.1, 0.15) is 0 Å². The first-order valence-corrected chi connectivity index (χ1v) is 7.49. The van der Waals surface area contributed by atoms with E-state index in [-0.39, 0.29) is 5.91 Å². The summed E-state index contributed by atoms with van der Waals surface area (Å²) in [5.41, 5.74) is 1.96. The lowest BCUT2D eigenvalue weighted by Crippen LogP contribution is -2.14. The van der Waals surface area contributed by atoms with Crippen molar-refractivity contribution in [2.75, 3.05) is 18.5 Å². The molecule has 1 aliphatic heterocycles. The quantitative estimate of drug-likeness (QED) is 0.908. The van der Waals surface area contributed by atoms with Crippen LogP contribution in [0.5, 0.6) is 11.5 Å². The average Bonchev–Trinajstić information content (AvgIpc) is 2.73. The molecular formula is C17H16ClNO3. The highest BCUT2D eigenvalue weighted by Crippen LogP contribution is 2.33. The van der Waals surface area contributed by atoms with Crippen LogP contribution in [0.25, 0.3) is 0 Å². The van der Waals surface area contributed by atoms with E-state index in [2.05, 4.69) is 5.32 Å². The topological polar surface area (TPSA) is 47.6 Å². The van der Waals surface area contributed by atoms with Gasteiger partial charge < -0.3 is 14.8 Å². The standard InChI is InChI=1S/C17H16ClNO3/c1-11-9-15-16(22-8-4-7-21-15)10-12(11)17(20)19-14-6-3-2-5-13(14)18/h2-3,5-6,9-10H,4,7-8H2,1H3,(H,19,20). The summed E-state index contributed by atoms with van der Waals surface area (Å²) in [7, 11) is 0. The zero-order valence-corrected chi connectivity index (χ0v) is 12.9. The van der Waals surface area contributed by atoms with Crippen LogP contribution in [0.4, 0.5) is 5.69 Å². The van der Waals surface area contributed by atoms with E-state index in [1.165, 1.54) is 0 Å². The lowest BCUT2D eigenvalue weighted by atomic mass is 10.1. The Balaban J connectivity index is 1.89. The van der Waals surface area contributed by atoms with Crippen molar-refractivity contribution < 1.29 is 14.3 Å². The van der Waals surface area contributed by atoms with E-state index >= 15 is 0 Å². The van der Waals surface area contributed by atoms with Crippen molar-refractivity contribution in [3.05, 3.63) is 52.5 Å². The van der Waals surface area contributed by atoms with E-state index in [4.69, 9.17) is 21.1 Å². The smallest absolute Gasteiger partial charge is 0.256 e. The summed E-state index contributed by atoms with van der Waals surface area (Å²) in [5, 5.41) is 3.33. The minimum atomic E-state index is -0.221. The van der Waals surface area contributed by atoms with E-state index in [1.54, 1.807) is 18.2 Å². The summed E-state index contributed by atoms with van der Waals surface area (Å²) in [6.07, 6.45) is 0.828. The molecule has 0 saturated heterocycles. The Bertz CT molecular complexity index is 715. The maximum atomic E-state index is 12.5. The van der Waals surface area contributed by atoms with E-state index in [0.29, 0.717) is 41.0 Å². The van der Waals surface area contributed by atoms with Gasteiger partial charge in [0, 0.05) is 12.0 Å². The number of rotatable bonds is 2. The lowest BCUT2D eigenvalue weighted by Gasteiger charge is -2.13. The number of anilines is 1. The highest BCUT2D eigenvalue weighted by Gasteiger charge is 2.17. The van der Waals surface area contributed by atoms with Gasteiger partial charge in [0.2, 0.25) is 0 Å². The third-order valence-electron chi connectivity index (χ3n) is 3.46. The molecule has 0 bridgehead atoms. The lowest BCUT2D eigenvalue weighted by molar-refractivity contribution is 0.102. The van der Waals surface area contributed by atoms with E-state index in [0.717, 1.165) is 12.0 Å². The summed E-state index contributed by atoms with van der Waals surface area (Å²) >= 11 is 6.07. The first-order chi connectivity index (χ1) is 10.6. The third-order valence-corrected chi connectivity index (χ3v) is 3.79. The molecule has 5 heteroatoms. The summed E-state index contributed by atoms with van der Waals surface area (Å²) in [5.74, 6) is 1.07. The fourth-order valence-electron chi connectivity index (χ4n) is 2.31. The number of aryl methyl sites for hydroxylation is 1. The van der Waals surface area contributed by atoms with Gasteiger partial charge in [0.15, 0.2) is 11.5 Å². The molecule has 0 spiro atoms. The Labute approximate surface area is 134 Å². The molecule has 3 rings (SSSR count). The number of benzene rings is 2. The molecule has 1 heterocycles. The highest BCUT2D eigenvalue weighted by atomic mass is 35.5. The van der Waals surface area contributed by atoms with Gasteiger partial charge in [-0.15, -0.1) is 0 Å². The third kappa shape index (κ3) is 3.02. The van der Waals surface area contributed by atoms with Crippen LogP contribution >= 0.6 is 11.6 Å². The van der Waals surface area contributed by atoms with Crippen LogP contribution in [0.1, 0.15) is 22.3 Å². The zero-order chi connectivity index (χ0) is 15.5. The molecule has 1 amide bonds. The highest BCUT2D eigenvalue weighted by molar-refractivity contribution is 6.33. The molecule has 1 aliphatic rings. The monoisotopic (exact) mass is 317 g/mol. The van der Waals surface area contributed by atoms with Gasteiger partial charge in [-0.3, -0.25) is 4.79 Å². The van der Waals surface area contributed by atoms with Crippen molar-refractivity contribution in [1.82, 2.24) is 0 Å². The van der Waals surface area contributed by atoms with Gasteiger partial charge in [-0.2, -0.15) is 0 Å². The normalized spacial score (nSPS) is 13.4. The molecule has 2 aromatic carbocycles. The van der Waals surface area contributed by atoms with Crippen molar-refractivity contribution in [2.45, 2.75) is 13.3 Å². The van der Waals surface area contributed by atoms with Crippen molar-refractivity contribution >= 4 is 23.2 Å². The van der Waals surface area contributed by atoms with Crippen LogP contribution in [0.15, 0.2) is 36.4 Å². The molecular weight excluding hydrogens is 302 g/mol. The van der Waals surface area contributed by atoms with Crippen LogP contribution < -0.4 is 14.8 Å². The Morgan fingerprint density at radius 3 is 2.55 bits per heavy atom. The van der Waals surface area contributed by atoms with Gasteiger partial charge in [-0.25, -0.2) is 0 Å². The Morgan fingerprint density at radius 1 is 1.14 bits per heavy atom. The second-order valence-electron chi connectivity index (χ2n) is 5.10. The molecule has 0 aliphatic carbocycles. The van der Waals surface area contributed by atoms with Crippen molar-refractivity contribution in [3.63, 3.8) is 0 Å². The predicted octanol–water partition coefficient (Wildman–Crippen LogP) is 4.06. The number of fused-ring (bicyclic) bond motifs is 1. The first kappa shape index (κ1) is 14.7. The van der Waals surface area contributed by atoms with E-state index in [9.17, 15) is 4.79 Å². The van der Waals surface area contributed by atoms with Gasteiger partial charge in [0.25, 0.3) is 5.91 Å². The minimum absolute atomic E-state index is 0.221. The number of hydrogen-bond acceptors (Lipinski definition) is 3. The maximum absolute atomic E-state index is 12.5. The van der Waals surface area contributed by atoms with Crippen LogP contribution in [0.2, 0.25) is 5.02 Å². The Morgan fingerprint density at radius 2 is 1.82 bits per heavy atom. The van der Waals surface area contributed by atoms with E-state index in [1.807, 2.05) is 25.1 Å². The number of carbonyl (C=O) groups excluding carboxylic acids is 1. The van der Waals surface area contributed by atoms with Gasteiger partial charge in [-0.1, -0.05) is 23.7 Å². The fourth-order valence-corrected chi connectivity index (χ4v) is 2.49. The van der Waals surface area contributed by atoms with Crippen molar-refractivity contribution in [3.8, 4) is 11.5 Å². The summed E-state index contributed by atoms with van der Waals surface area (Å²) in [6, 6.07) is 10.7. The van der Waals surface area contributed by atoms with Crippen LogP contribution in [-0.4, -0.2) is 19.1 Å². The SMILES string of the molecule is Cc1cc2c(cc1C(=O)Nc1ccccc1Cl)OCCCO2. The molecule has 114 valence electrons.